The van der Waals surface area contributed by atoms with Gasteiger partial charge in [-0.15, -0.1) is 0 Å². The molecule has 2 rings (SSSR count). The first-order valence-corrected chi connectivity index (χ1v) is 8.24. The standard InChI is InChI=1S/C16H30N2O3/c1-11-9-14(10-12(2)21-11)20-8-4-7-16(3,15(17)19)18-13-5-6-13/h11-14,18H,4-10H2,1-3H3,(H2,17,19). The summed E-state index contributed by atoms with van der Waals surface area (Å²) in [5.41, 5.74) is 4.95. The molecule has 0 radical (unpaired) electrons. The Balaban J connectivity index is 1.68. The molecule has 3 unspecified atom stereocenters. The molecule has 2 aliphatic rings. The lowest BCUT2D eigenvalue weighted by atomic mass is 9.95. The van der Waals surface area contributed by atoms with Gasteiger partial charge in [0, 0.05) is 12.6 Å². The number of hydrogen-bond acceptors (Lipinski definition) is 4. The van der Waals surface area contributed by atoms with Crippen molar-refractivity contribution >= 4 is 5.91 Å². The van der Waals surface area contributed by atoms with Crippen LogP contribution in [0.4, 0.5) is 0 Å². The largest absolute Gasteiger partial charge is 0.378 e. The van der Waals surface area contributed by atoms with Gasteiger partial charge in [-0.05, 0) is 59.3 Å². The van der Waals surface area contributed by atoms with E-state index >= 15 is 0 Å². The molecule has 5 heteroatoms. The van der Waals surface area contributed by atoms with E-state index in [0.717, 1.165) is 38.5 Å². The Labute approximate surface area is 127 Å². The van der Waals surface area contributed by atoms with Crippen LogP contribution in [-0.4, -0.2) is 42.4 Å². The fourth-order valence-electron chi connectivity index (χ4n) is 3.10. The number of amides is 1. The molecule has 122 valence electrons. The van der Waals surface area contributed by atoms with E-state index in [0.29, 0.717) is 12.6 Å². The van der Waals surface area contributed by atoms with E-state index in [1.54, 1.807) is 0 Å². The van der Waals surface area contributed by atoms with Crippen LogP contribution in [0.15, 0.2) is 0 Å². The fourth-order valence-corrected chi connectivity index (χ4v) is 3.10. The molecule has 1 saturated heterocycles. The zero-order valence-electron chi connectivity index (χ0n) is 13.6. The lowest BCUT2D eigenvalue weighted by molar-refractivity contribution is -0.124. The molecule has 3 N–H and O–H groups in total. The van der Waals surface area contributed by atoms with Gasteiger partial charge in [0.1, 0.15) is 0 Å². The molecule has 3 atom stereocenters. The minimum atomic E-state index is -0.596. The lowest BCUT2D eigenvalue weighted by Gasteiger charge is -2.32. The van der Waals surface area contributed by atoms with Crippen LogP contribution in [0.5, 0.6) is 0 Å². The van der Waals surface area contributed by atoms with Crippen molar-refractivity contribution in [2.24, 2.45) is 5.73 Å². The van der Waals surface area contributed by atoms with Crippen LogP contribution in [0, 0.1) is 0 Å². The number of carbonyl (C=O) groups excluding carboxylic acids is 1. The summed E-state index contributed by atoms with van der Waals surface area (Å²) in [5, 5.41) is 3.37. The van der Waals surface area contributed by atoms with Gasteiger partial charge in [-0.3, -0.25) is 4.79 Å². The number of hydrogen-bond donors (Lipinski definition) is 2. The van der Waals surface area contributed by atoms with E-state index in [4.69, 9.17) is 15.2 Å². The zero-order valence-corrected chi connectivity index (χ0v) is 13.6. The molecule has 2 fully saturated rings. The van der Waals surface area contributed by atoms with Crippen molar-refractivity contribution in [3.63, 3.8) is 0 Å². The number of nitrogens with one attached hydrogen (secondary N) is 1. The first-order chi connectivity index (χ1) is 9.89. The first kappa shape index (κ1) is 16.7. The van der Waals surface area contributed by atoms with Gasteiger partial charge in [0.25, 0.3) is 0 Å². The molecular formula is C16H30N2O3. The third-order valence-corrected chi connectivity index (χ3v) is 4.47. The molecule has 0 bridgehead atoms. The molecule has 1 heterocycles. The van der Waals surface area contributed by atoms with Gasteiger partial charge in [-0.2, -0.15) is 0 Å². The number of ether oxygens (including phenoxy) is 2. The second-order valence-electron chi connectivity index (χ2n) is 6.94. The Hall–Kier alpha value is -0.650. The Bertz CT molecular complexity index is 349. The van der Waals surface area contributed by atoms with E-state index in [1.807, 2.05) is 6.92 Å². The average Bonchev–Trinajstić information content (AvgIpc) is 3.17. The maximum Gasteiger partial charge on any atom is 0.237 e. The van der Waals surface area contributed by atoms with E-state index in [1.165, 1.54) is 0 Å². The Morgan fingerprint density at radius 1 is 1.33 bits per heavy atom. The number of rotatable bonds is 8. The highest BCUT2D eigenvalue weighted by Gasteiger charge is 2.36. The van der Waals surface area contributed by atoms with E-state index in [-0.39, 0.29) is 24.2 Å². The molecule has 1 amide bonds. The lowest BCUT2D eigenvalue weighted by Crippen LogP contribution is -2.54. The minimum absolute atomic E-state index is 0.261. The van der Waals surface area contributed by atoms with Crippen LogP contribution in [0.25, 0.3) is 0 Å². The highest BCUT2D eigenvalue weighted by atomic mass is 16.5. The van der Waals surface area contributed by atoms with Gasteiger partial charge in [0.2, 0.25) is 5.91 Å². The Kier molecular flexibility index (Phi) is 5.63. The molecule has 0 aromatic rings. The fraction of sp³-hybridized carbons (Fsp3) is 0.938. The Morgan fingerprint density at radius 3 is 2.48 bits per heavy atom. The van der Waals surface area contributed by atoms with Gasteiger partial charge >= 0.3 is 0 Å². The van der Waals surface area contributed by atoms with Gasteiger partial charge in [-0.25, -0.2) is 0 Å². The van der Waals surface area contributed by atoms with Crippen LogP contribution >= 0.6 is 0 Å². The quantitative estimate of drug-likeness (QED) is 0.669. The van der Waals surface area contributed by atoms with Crippen LogP contribution in [0.2, 0.25) is 0 Å². The summed E-state index contributed by atoms with van der Waals surface area (Å²) in [6, 6.07) is 0.473. The van der Waals surface area contributed by atoms with Crippen molar-refractivity contribution in [2.45, 2.75) is 89.2 Å². The third-order valence-electron chi connectivity index (χ3n) is 4.47. The van der Waals surface area contributed by atoms with Crippen molar-refractivity contribution < 1.29 is 14.3 Å². The number of nitrogens with two attached hydrogens (primary N) is 1. The van der Waals surface area contributed by atoms with Gasteiger partial charge in [0.15, 0.2) is 0 Å². The summed E-state index contributed by atoms with van der Waals surface area (Å²) in [6.45, 7) is 6.77. The van der Waals surface area contributed by atoms with Crippen molar-refractivity contribution in [3.05, 3.63) is 0 Å². The van der Waals surface area contributed by atoms with Crippen LogP contribution in [-0.2, 0) is 14.3 Å². The average molecular weight is 298 g/mol. The van der Waals surface area contributed by atoms with Gasteiger partial charge in [0.05, 0.1) is 23.9 Å². The van der Waals surface area contributed by atoms with Crippen molar-refractivity contribution in [3.8, 4) is 0 Å². The third kappa shape index (κ3) is 5.24. The predicted octanol–water partition coefficient (Wildman–Crippen LogP) is 1.74. The normalized spacial score (nSPS) is 32.6. The van der Waals surface area contributed by atoms with E-state index in [2.05, 4.69) is 19.2 Å². The molecule has 1 aliphatic heterocycles. The summed E-state index contributed by atoms with van der Waals surface area (Å²) in [5.74, 6) is -0.261. The highest BCUT2D eigenvalue weighted by Crippen LogP contribution is 2.25. The van der Waals surface area contributed by atoms with Gasteiger partial charge in [-0.1, -0.05) is 0 Å². The number of primary amides is 1. The topological polar surface area (TPSA) is 73.6 Å². The van der Waals surface area contributed by atoms with E-state index < -0.39 is 5.54 Å². The smallest absolute Gasteiger partial charge is 0.237 e. The molecule has 21 heavy (non-hydrogen) atoms. The molecule has 0 aromatic carbocycles. The predicted molar refractivity (Wildman–Crippen MR) is 82.0 cm³/mol. The van der Waals surface area contributed by atoms with Crippen LogP contribution < -0.4 is 11.1 Å². The van der Waals surface area contributed by atoms with E-state index in [9.17, 15) is 4.79 Å². The molecule has 0 aromatic heterocycles. The highest BCUT2D eigenvalue weighted by molar-refractivity contribution is 5.84. The monoisotopic (exact) mass is 298 g/mol. The van der Waals surface area contributed by atoms with Gasteiger partial charge < -0.3 is 20.5 Å². The maximum absolute atomic E-state index is 11.7. The molecular weight excluding hydrogens is 268 g/mol. The summed E-state index contributed by atoms with van der Waals surface area (Å²) < 4.78 is 11.7. The summed E-state index contributed by atoms with van der Waals surface area (Å²) in [6.07, 6.45) is 6.61. The summed E-state index contributed by atoms with van der Waals surface area (Å²) >= 11 is 0. The Morgan fingerprint density at radius 2 is 1.95 bits per heavy atom. The molecule has 0 spiro atoms. The molecule has 1 saturated carbocycles. The molecule has 1 aliphatic carbocycles. The van der Waals surface area contributed by atoms with Crippen LogP contribution in [0.1, 0.15) is 59.3 Å². The van der Waals surface area contributed by atoms with Crippen molar-refractivity contribution in [2.75, 3.05) is 6.61 Å². The maximum atomic E-state index is 11.7. The zero-order chi connectivity index (χ0) is 15.5. The second-order valence-corrected chi connectivity index (χ2v) is 6.94. The molecule has 5 nitrogen and oxygen atoms in total. The number of carbonyl (C=O) groups is 1. The van der Waals surface area contributed by atoms with Crippen molar-refractivity contribution in [1.29, 1.82) is 0 Å². The SMILES string of the molecule is CC1CC(OCCCC(C)(NC2CC2)C(N)=O)CC(C)O1. The summed E-state index contributed by atoms with van der Waals surface area (Å²) in [4.78, 5) is 11.7. The van der Waals surface area contributed by atoms with Crippen molar-refractivity contribution in [1.82, 2.24) is 5.32 Å². The second kappa shape index (κ2) is 7.07. The minimum Gasteiger partial charge on any atom is -0.378 e. The first-order valence-electron chi connectivity index (χ1n) is 8.24. The summed E-state index contributed by atoms with van der Waals surface area (Å²) in [7, 11) is 0. The van der Waals surface area contributed by atoms with Crippen LogP contribution in [0.3, 0.4) is 0 Å².